The van der Waals surface area contributed by atoms with Crippen molar-refractivity contribution in [2.45, 2.75) is 50.6 Å². The molecule has 0 heterocycles. The quantitative estimate of drug-likeness (QED) is 0.532. The predicted molar refractivity (Wildman–Crippen MR) is 83.9 cm³/mol. The molecule has 0 unspecified atom stereocenters. The Bertz CT molecular complexity index is 613. The molecule has 0 radical (unpaired) electrons. The van der Waals surface area contributed by atoms with Gasteiger partial charge in [-0.3, -0.25) is 14.9 Å². The van der Waals surface area contributed by atoms with Gasteiger partial charge in [-0.2, -0.15) is 0 Å². The number of rotatable bonds is 7. The van der Waals surface area contributed by atoms with E-state index in [9.17, 15) is 24.8 Å². The molecule has 3 N–H and O–H groups in total. The van der Waals surface area contributed by atoms with Gasteiger partial charge in [-0.15, -0.1) is 0 Å². The summed E-state index contributed by atoms with van der Waals surface area (Å²) in [7, 11) is 0. The maximum absolute atomic E-state index is 12.1. The van der Waals surface area contributed by atoms with Crippen molar-refractivity contribution in [1.82, 2.24) is 0 Å². The normalized spacial score (nSPS) is 16.3. The van der Waals surface area contributed by atoms with E-state index < -0.39 is 22.8 Å². The number of hydrogen-bond acceptors (Lipinski definition) is 5. The summed E-state index contributed by atoms with van der Waals surface area (Å²) >= 11 is 0. The van der Waals surface area contributed by atoms with E-state index in [1.807, 2.05) is 0 Å². The van der Waals surface area contributed by atoms with Gasteiger partial charge in [-0.05, 0) is 31.7 Å². The number of nitrogens with two attached hydrogens (primary N) is 1. The molecular weight excluding hydrogens is 314 g/mol. The summed E-state index contributed by atoms with van der Waals surface area (Å²) in [5, 5.41) is 26.2. The molecule has 8 nitrogen and oxygen atoms in total. The van der Waals surface area contributed by atoms with Crippen LogP contribution in [-0.4, -0.2) is 28.9 Å². The smallest absolute Gasteiger partial charge is 0.271 e. The lowest BCUT2D eigenvalue weighted by Crippen LogP contribution is -2.98. The van der Waals surface area contributed by atoms with Crippen LogP contribution in [0.25, 0.3) is 0 Å². The van der Waals surface area contributed by atoms with Crippen LogP contribution in [0.2, 0.25) is 0 Å². The van der Waals surface area contributed by atoms with Crippen molar-refractivity contribution in [3.63, 3.8) is 0 Å². The highest BCUT2D eigenvalue weighted by atomic mass is 16.6. The Morgan fingerprint density at radius 2 is 2.00 bits per heavy atom. The minimum atomic E-state index is -1.27. The van der Waals surface area contributed by atoms with E-state index in [-0.39, 0.29) is 23.8 Å². The molecular formula is C16H21N3O5. The number of quaternary nitrogens is 1. The van der Waals surface area contributed by atoms with Crippen molar-refractivity contribution >= 4 is 23.3 Å². The van der Waals surface area contributed by atoms with Gasteiger partial charge in [-0.1, -0.05) is 12.5 Å². The molecule has 2 rings (SSSR count). The number of nitrogens with zero attached hydrogens (tertiary/aromatic N) is 1. The van der Waals surface area contributed by atoms with Crippen molar-refractivity contribution in [3.8, 4) is 0 Å². The van der Waals surface area contributed by atoms with Crippen molar-refractivity contribution in [3.05, 3.63) is 34.4 Å². The van der Waals surface area contributed by atoms with E-state index in [0.717, 1.165) is 32.1 Å². The number of benzene rings is 1. The number of carboxylic acids is 1. The lowest BCUT2D eigenvalue weighted by Gasteiger charge is -2.25. The lowest BCUT2D eigenvalue weighted by molar-refractivity contribution is -0.716. The number of nitrogens with one attached hydrogen (secondary N) is 1. The molecule has 1 atom stereocenters. The Labute approximate surface area is 139 Å². The summed E-state index contributed by atoms with van der Waals surface area (Å²) in [4.78, 5) is 33.5. The van der Waals surface area contributed by atoms with Gasteiger partial charge in [0.05, 0.1) is 23.4 Å². The SMILES string of the molecule is O=C(C[C@H]([NH2+]C1CCCCC1)C(=O)[O-])Nc1cccc([N+](=O)[O-])c1. The molecule has 1 saturated carbocycles. The molecule has 1 aromatic carbocycles. The zero-order chi connectivity index (χ0) is 17.5. The van der Waals surface area contributed by atoms with Crippen LogP contribution in [0.15, 0.2) is 24.3 Å². The first-order valence-corrected chi connectivity index (χ1v) is 8.06. The average Bonchev–Trinajstić information content (AvgIpc) is 2.55. The van der Waals surface area contributed by atoms with Crippen LogP contribution in [0.1, 0.15) is 38.5 Å². The Kier molecular flexibility index (Phi) is 6.25. The van der Waals surface area contributed by atoms with Crippen LogP contribution < -0.4 is 15.7 Å². The van der Waals surface area contributed by atoms with Gasteiger partial charge in [0.2, 0.25) is 5.91 Å². The van der Waals surface area contributed by atoms with Gasteiger partial charge in [-0.25, -0.2) is 0 Å². The van der Waals surface area contributed by atoms with Gasteiger partial charge in [0, 0.05) is 17.8 Å². The Morgan fingerprint density at radius 1 is 1.29 bits per heavy atom. The second-order valence-electron chi connectivity index (χ2n) is 6.08. The number of carboxylic acid groups (broad SMARTS) is 1. The van der Waals surface area contributed by atoms with E-state index in [1.54, 1.807) is 5.32 Å². The third-order valence-electron chi connectivity index (χ3n) is 4.20. The highest BCUT2D eigenvalue weighted by Crippen LogP contribution is 2.17. The fourth-order valence-corrected chi connectivity index (χ4v) is 2.99. The Balaban J connectivity index is 1.93. The first-order valence-electron chi connectivity index (χ1n) is 8.06. The Hall–Kier alpha value is -2.48. The molecule has 130 valence electrons. The number of hydrogen-bond donors (Lipinski definition) is 2. The van der Waals surface area contributed by atoms with Gasteiger partial charge in [0.15, 0.2) is 0 Å². The van der Waals surface area contributed by atoms with Gasteiger partial charge in [0.25, 0.3) is 5.69 Å². The molecule has 0 spiro atoms. The predicted octanol–water partition coefficient (Wildman–Crippen LogP) is -0.0620. The average molecular weight is 335 g/mol. The molecule has 1 aliphatic carbocycles. The molecule has 8 heteroatoms. The Morgan fingerprint density at radius 3 is 2.62 bits per heavy atom. The fourth-order valence-electron chi connectivity index (χ4n) is 2.99. The molecule has 0 aliphatic heterocycles. The van der Waals surface area contributed by atoms with E-state index in [2.05, 4.69) is 5.32 Å². The molecule has 1 amide bonds. The van der Waals surface area contributed by atoms with Gasteiger partial charge >= 0.3 is 0 Å². The second-order valence-corrected chi connectivity index (χ2v) is 6.08. The van der Waals surface area contributed by atoms with E-state index in [1.165, 1.54) is 24.3 Å². The summed E-state index contributed by atoms with van der Waals surface area (Å²) in [6.07, 6.45) is 4.95. The minimum absolute atomic E-state index is 0.141. The first-order chi connectivity index (χ1) is 11.5. The number of amides is 1. The maximum atomic E-state index is 12.1. The first kappa shape index (κ1) is 17.9. The monoisotopic (exact) mass is 335 g/mol. The van der Waals surface area contributed by atoms with Crippen molar-refractivity contribution in [1.29, 1.82) is 0 Å². The maximum Gasteiger partial charge on any atom is 0.271 e. The molecule has 24 heavy (non-hydrogen) atoms. The van der Waals surface area contributed by atoms with Gasteiger partial charge < -0.3 is 20.5 Å². The van der Waals surface area contributed by atoms with E-state index in [4.69, 9.17) is 0 Å². The van der Waals surface area contributed by atoms with Crippen molar-refractivity contribution in [2.75, 3.05) is 5.32 Å². The summed E-state index contributed by atoms with van der Waals surface area (Å²) in [5.74, 6) is -1.77. The zero-order valence-electron chi connectivity index (χ0n) is 13.3. The second kappa shape index (κ2) is 8.39. The number of anilines is 1. The third-order valence-corrected chi connectivity index (χ3v) is 4.20. The van der Waals surface area contributed by atoms with Crippen LogP contribution in [0.4, 0.5) is 11.4 Å². The van der Waals surface area contributed by atoms with E-state index in [0.29, 0.717) is 0 Å². The summed E-state index contributed by atoms with van der Waals surface area (Å²) < 4.78 is 0. The number of carbonyl (C=O) groups excluding carboxylic acids is 2. The van der Waals surface area contributed by atoms with Crippen LogP contribution in [0, 0.1) is 10.1 Å². The third kappa shape index (κ3) is 5.31. The number of non-ortho nitro benzene ring substituents is 1. The molecule has 1 aliphatic rings. The molecule has 0 bridgehead atoms. The summed E-state index contributed by atoms with van der Waals surface area (Å²) in [6, 6.07) is 4.77. The van der Waals surface area contributed by atoms with Crippen LogP contribution in [0.5, 0.6) is 0 Å². The standard InChI is InChI=1S/C16H21N3O5/c20-15(18-12-7-4-8-13(9-12)19(23)24)10-14(16(21)22)17-11-5-2-1-3-6-11/h4,7-9,11,14,17H,1-3,5-6,10H2,(H,18,20)(H,21,22)/t14-/m0/s1. The number of nitro benzene ring substituents is 1. The number of nitro groups is 1. The summed E-state index contributed by atoms with van der Waals surface area (Å²) in [5.41, 5.74) is 0.127. The van der Waals surface area contributed by atoms with Crippen molar-refractivity contribution < 1.29 is 24.9 Å². The molecule has 1 aromatic rings. The lowest BCUT2D eigenvalue weighted by atomic mass is 9.94. The zero-order valence-corrected chi connectivity index (χ0v) is 13.3. The van der Waals surface area contributed by atoms with E-state index >= 15 is 0 Å². The number of carbonyl (C=O) groups is 2. The molecule has 1 fully saturated rings. The van der Waals surface area contributed by atoms with Gasteiger partial charge in [0.1, 0.15) is 6.04 Å². The molecule has 0 saturated heterocycles. The minimum Gasteiger partial charge on any atom is -0.544 e. The highest BCUT2D eigenvalue weighted by molar-refractivity contribution is 5.93. The summed E-state index contributed by atoms with van der Waals surface area (Å²) in [6.45, 7) is 0. The largest absolute Gasteiger partial charge is 0.544 e. The highest BCUT2D eigenvalue weighted by Gasteiger charge is 2.25. The van der Waals surface area contributed by atoms with Crippen LogP contribution >= 0.6 is 0 Å². The van der Waals surface area contributed by atoms with Crippen LogP contribution in [0.3, 0.4) is 0 Å². The van der Waals surface area contributed by atoms with Crippen LogP contribution in [-0.2, 0) is 9.59 Å². The number of aliphatic carboxylic acids is 1. The fraction of sp³-hybridized carbons (Fsp3) is 0.500. The molecule has 0 aromatic heterocycles. The van der Waals surface area contributed by atoms with Crippen molar-refractivity contribution in [2.24, 2.45) is 0 Å². The topological polar surface area (TPSA) is 129 Å².